The van der Waals surface area contributed by atoms with Crippen molar-refractivity contribution in [2.24, 2.45) is 10.7 Å². The number of amides is 3. The van der Waals surface area contributed by atoms with Crippen LogP contribution in [0.2, 0.25) is 0 Å². The molecule has 0 bridgehead atoms. The van der Waals surface area contributed by atoms with Gasteiger partial charge in [0, 0.05) is 20.6 Å². The van der Waals surface area contributed by atoms with Crippen LogP contribution in [0, 0.1) is 0 Å². The van der Waals surface area contributed by atoms with Gasteiger partial charge >= 0.3 is 6.03 Å². The standard InChI is InChI=1S/C16H20N5O2/c1-19-14-13(15(22)20(2)16(19)23)21(12(18-14)8-9-17)10-11-6-4-3-5-7-11/h3-7,13H,8-10,17H2,1-2H3/q+1. The number of carbonyl (C=O) groups is 2. The number of fused-ring (bicyclic) bond motifs is 1. The fourth-order valence-corrected chi connectivity index (χ4v) is 2.94. The second-order valence-corrected chi connectivity index (χ2v) is 5.68. The molecule has 1 saturated heterocycles. The third-order valence-corrected chi connectivity index (χ3v) is 4.18. The Labute approximate surface area is 134 Å². The molecule has 1 aromatic carbocycles. The largest absolute Gasteiger partial charge is 0.333 e. The molecule has 0 aromatic heterocycles. The normalized spacial score (nSPS) is 21.0. The minimum absolute atomic E-state index is 0.255. The third-order valence-electron chi connectivity index (χ3n) is 4.18. The van der Waals surface area contributed by atoms with Crippen LogP contribution in [-0.2, 0) is 11.3 Å². The van der Waals surface area contributed by atoms with Crippen molar-refractivity contribution in [3.05, 3.63) is 35.9 Å². The molecule has 2 heterocycles. The van der Waals surface area contributed by atoms with Gasteiger partial charge in [-0.05, 0) is 10.6 Å². The molecule has 3 rings (SSSR count). The Balaban J connectivity index is 2.00. The van der Waals surface area contributed by atoms with Gasteiger partial charge in [0.1, 0.15) is 6.54 Å². The van der Waals surface area contributed by atoms with E-state index < -0.39 is 6.04 Å². The Kier molecular flexibility index (Phi) is 3.96. The number of urea groups is 1. The molecule has 7 nitrogen and oxygen atoms in total. The summed E-state index contributed by atoms with van der Waals surface area (Å²) < 4.78 is 1.94. The summed E-state index contributed by atoms with van der Waals surface area (Å²) in [5.74, 6) is 0.979. The third kappa shape index (κ3) is 2.53. The average molecular weight is 314 g/mol. The van der Waals surface area contributed by atoms with Crippen LogP contribution in [0.25, 0.3) is 0 Å². The van der Waals surface area contributed by atoms with Crippen molar-refractivity contribution in [3.63, 3.8) is 0 Å². The molecule has 1 aromatic rings. The molecule has 0 saturated carbocycles. The van der Waals surface area contributed by atoms with Crippen LogP contribution in [0.4, 0.5) is 4.79 Å². The van der Waals surface area contributed by atoms with Gasteiger partial charge in [0.2, 0.25) is 0 Å². The molecule has 1 fully saturated rings. The molecule has 1 unspecified atom stereocenters. The van der Waals surface area contributed by atoms with Crippen LogP contribution >= 0.6 is 0 Å². The van der Waals surface area contributed by atoms with Gasteiger partial charge in [-0.2, -0.15) is 0 Å². The molecule has 0 aliphatic carbocycles. The van der Waals surface area contributed by atoms with Crippen LogP contribution in [0.1, 0.15) is 12.0 Å². The number of carbonyl (C=O) groups excluding carboxylic acids is 2. The van der Waals surface area contributed by atoms with Gasteiger partial charge < -0.3 is 5.73 Å². The summed E-state index contributed by atoms with van der Waals surface area (Å²) in [6.07, 6.45) is 0.561. The van der Waals surface area contributed by atoms with Crippen LogP contribution in [0.3, 0.4) is 0 Å². The Hall–Kier alpha value is -2.54. The average Bonchev–Trinajstić information content (AvgIpc) is 2.91. The van der Waals surface area contributed by atoms with Crippen molar-refractivity contribution >= 4 is 23.6 Å². The summed E-state index contributed by atoms with van der Waals surface area (Å²) in [4.78, 5) is 31.8. The Morgan fingerprint density at radius 1 is 1.17 bits per heavy atom. The van der Waals surface area contributed by atoms with Gasteiger partial charge in [-0.1, -0.05) is 30.3 Å². The van der Waals surface area contributed by atoms with Crippen molar-refractivity contribution in [1.82, 2.24) is 9.80 Å². The zero-order chi connectivity index (χ0) is 16.6. The van der Waals surface area contributed by atoms with Gasteiger partial charge in [-0.25, -0.2) is 9.37 Å². The smallest absolute Gasteiger partial charge is 0.330 e. The maximum absolute atomic E-state index is 12.6. The second-order valence-electron chi connectivity index (χ2n) is 5.68. The van der Waals surface area contributed by atoms with Gasteiger partial charge in [-0.15, -0.1) is 0 Å². The van der Waals surface area contributed by atoms with Crippen molar-refractivity contribution < 1.29 is 14.2 Å². The lowest BCUT2D eigenvalue weighted by Gasteiger charge is -2.30. The van der Waals surface area contributed by atoms with E-state index in [-0.39, 0.29) is 11.9 Å². The summed E-state index contributed by atoms with van der Waals surface area (Å²) in [5, 5.41) is 0. The molecule has 120 valence electrons. The predicted octanol–water partition coefficient (Wildman–Crippen LogP) is 0.251. The van der Waals surface area contributed by atoms with Crippen LogP contribution in [0.5, 0.6) is 0 Å². The van der Waals surface area contributed by atoms with Crippen molar-refractivity contribution in [2.75, 3.05) is 20.6 Å². The second kappa shape index (κ2) is 5.92. The number of nitrogens with zero attached hydrogens (tertiary/aromatic N) is 4. The van der Waals surface area contributed by atoms with Crippen LogP contribution < -0.4 is 5.73 Å². The molecule has 7 heteroatoms. The highest BCUT2D eigenvalue weighted by Crippen LogP contribution is 2.21. The lowest BCUT2D eigenvalue weighted by molar-refractivity contribution is -0.552. The Morgan fingerprint density at radius 2 is 1.87 bits per heavy atom. The quantitative estimate of drug-likeness (QED) is 0.809. The number of hydrogen-bond donors (Lipinski definition) is 1. The number of hydrogen-bond acceptors (Lipinski definition) is 4. The summed E-state index contributed by atoms with van der Waals surface area (Å²) >= 11 is 0. The van der Waals surface area contributed by atoms with E-state index in [1.165, 1.54) is 11.9 Å². The lowest BCUT2D eigenvalue weighted by Crippen LogP contribution is -2.61. The molecular weight excluding hydrogens is 294 g/mol. The van der Waals surface area contributed by atoms with Gasteiger partial charge in [0.25, 0.3) is 23.6 Å². The van der Waals surface area contributed by atoms with Crippen molar-refractivity contribution in [2.45, 2.75) is 19.0 Å². The first kappa shape index (κ1) is 15.4. The van der Waals surface area contributed by atoms with E-state index in [1.807, 2.05) is 34.9 Å². The lowest BCUT2D eigenvalue weighted by atomic mass is 10.1. The molecule has 23 heavy (non-hydrogen) atoms. The molecule has 0 spiro atoms. The monoisotopic (exact) mass is 314 g/mol. The number of rotatable bonds is 4. The number of likely N-dealkylation sites (N-methyl/N-ethyl adjacent to an activating group) is 2. The van der Waals surface area contributed by atoms with Crippen LogP contribution in [-0.4, -0.2) is 64.7 Å². The zero-order valence-electron chi connectivity index (χ0n) is 13.3. The highest BCUT2D eigenvalue weighted by Gasteiger charge is 2.52. The van der Waals surface area contributed by atoms with Crippen molar-refractivity contribution in [3.8, 4) is 0 Å². The van der Waals surface area contributed by atoms with E-state index in [2.05, 4.69) is 4.99 Å². The first-order chi connectivity index (χ1) is 11.0. The molecular formula is C16H20N5O2+. The number of benzene rings is 1. The van der Waals surface area contributed by atoms with Gasteiger partial charge in [0.15, 0.2) is 0 Å². The number of imide groups is 1. The topological polar surface area (TPSA) is 82.0 Å². The predicted molar refractivity (Wildman–Crippen MR) is 86.2 cm³/mol. The van der Waals surface area contributed by atoms with E-state index in [9.17, 15) is 9.59 Å². The molecule has 1 atom stereocenters. The first-order valence-corrected chi connectivity index (χ1v) is 7.55. The zero-order valence-corrected chi connectivity index (χ0v) is 13.3. The summed E-state index contributed by atoms with van der Waals surface area (Å²) in [5.41, 5.74) is 6.76. The van der Waals surface area contributed by atoms with Crippen molar-refractivity contribution in [1.29, 1.82) is 0 Å². The highest BCUT2D eigenvalue weighted by atomic mass is 16.2. The Morgan fingerprint density at radius 3 is 2.52 bits per heavy atom. The summed E-state index contributed by atoms with van der Waals surface area (Å²) in [7, 11) is 3.14. The maximum Gasteiger partial charge on any atom is 0.333 e. The SMILES string of the molecule is CN1C(=O)C2C(=NC(CCN)=[N+]2Cc2ccccc2)N(C)C1=O. The van der Waals surface area contributed by atoms with E-state index in [0.29, 0.717) is 25.3 Å². The van der Waals surface area contributed by atoms with E-state index in [1.54, 1.807) is 7.05 Å². The number of nitrogens with two attached hydrogens (primary N) is 1. The minimum Gasteiger partial charge on any atom is -0.330 e. The number of aliphatic imine (C=N–C) groups is 1. The summed E-state index contributed by atoms with van der Waals surface area (Å²) in [6.45, 7) is 0.987. The molecule has 3 amide bonds. The molecule has 0 radical (unpaired) electrons. The molecule has 2 aliphatic heterocycles. The van der Waals surface area contributed by atoms with E-state index >= 15 is 0 Å². The van der Waals surface area contributed by atoms with E-state index in [4.69, 9.17) is 5.73 Å². The fourth-order valence-electron chi connectivity index (χ4n) is 2.94. The van der Waals surface area contributed by atoms with Gasteiger partial charge in [-0.3, -0.25) is 14.6 Å². The fraction of sp³-hybridized carbons (Fsp3) is 0.375. The minimum atomic E-state index is -0.565. The van der Waals surface area contributed by atoms with Crippen LogP contribution in [0.15, 0.2) is 35.3 Å². The number of amidine groups is 2. The Bertz CT molecular complexity index is 710. The first-order valence-electron chi connectivity index (χ1n) is 7.55. The molecule has 2 N–H and O–H groups in total. The van der Waals surface area contributed by atoms with E-state index in [0.717, 1.165) is 16.3 Å². The summed E-state index contributed by atoms with van der Waals surface area (Å²) in [6, 6.07) is 8.95. The van der Waals surface area contributed by atoms with Gasteiger partial charge in [0.05, 0.1) is 6.42 Å². The highest BCUT2D eigenvalue weighted by molar-refractivity contribution is 6.22. The molecule has 2 aliphatic rings. The maximum atomic E-state index is 12.6.